The van der Waals surface area contributed by atoms with Gasteiger partial charge in [-0.3, -0.25) is 4.90 Å². The fourth-order valence-electron chi connectivity index (χ4n) is 1.93. The van der Waals surface area contributed by atoms with Gasteiger partial charge in [-0.15, -0.1) is 13.0 Å². The molecule has 0 N–H and O–H groups in total. The van der Waals surface area contributed by atoms with Gasteiger partial charge in [0, 0.05) is 6.54 Å². The van der Waals surface area contributed by atoms with Crippen molar-refractivity contribution in [3.8, 4) is 18.1 Å². The van der Waals surface area contributed by atoms with E-state index in [2.05, 4.69) is 17.4 Å². The molecule has 1 heterocycles. The highest BCUT2D eigenvalue weighted by Crippen LogP contribution is 2.24. The van der Waals surface area contributed by atoms with E-state index in [9.17, 15) is 0 Å². The summed E-state index contributed by atoms with van der Waals surface area (Å²) in [4.78, 5) is 2.17. The van der Waals surface area contributed by atoms with Crippen molar-refractivity contribution < 1.29 is 4.74 Å². The van der Waals surface area contributed by atoms with Crippen molar-refractivity contribution in [1.82, 2.24) is 4.90 Å². The molecule has 1 fully saturated rings. The Hall–Kier alpha value is -1.72. The summed E-state index contributed by atoms with van der Waals surface area (Å²) >= 11 is 0. The number of ether oxygens (including phenoxy) is 1. The minimum absolute atomic E-state index is 0.174. The van der Waals surface area contributed by atoms with Crippen LogP contribution in [-0.4, -0.2) is 30.1 Å². The van der Waals surface area contributed by atoms with Gasteiger partial charge in [-0.25, -0.2) is 0 Å². The molecule has 0 aliphatic carbocycles. The van der Waals surface area contributed by atoms with Crippen LogP contribution in [0, 0.1) is 12.3 Å². The van der Waals surface area contributed by atoms with Crippen LogP contribution in [0.5, 0.6) is 5.75 Å². The molecule has 82 valence electrons. The number of hydrogen-bond donors (Lipinski definition) is 0. The second-order valence-corrected chi connectivity index (χ2v) is 3.83. The maximum atomic E-state index is 5.85. The highest BCUT2D eigenvalue weighted by molar-refractivity contribution is 5.23. The average molecular weight is 213 g/mol. The molecule has 0 unspecified atom stereocenters. The van der Waals surface area contributed by atoms with Crippen molar-refractivity contribution >= 4 is 0 Å². The zero-order chi connectivity index (χ0) is 11.4. The first-order valence-corrected chi connectivity index (χ1v) is 5.37. The Bertz CT molecular complexity index is 393. The van der Waals surface area contributed by atoms with Crippen LogP contribution in [0.15, 0.2) is 43.0 Å². The molecule has 1 aromatic carbocycles. The topological polar surface area (TPSA) is 12.5 Å². The van der Waals surface area contributed by atoms with Crippen LogP contribution in [0.3, 0.4) is 0 Å². The molecule has 0 radical (unpaired) electrons. The number of hydrogen-bond acceptors (Lipinski definition) is 2. The minimum Gasteiger partial charge on any atom is -0.487 e. The van der Waals surface area contributed by atoms with E-state index < -0.39 is 0 Å². The predicted molar refractivity (Wildman–Crippen MR) is 65.2 cm³/mol. The molecule has 2 nitrogen and oxygen atoms in total. The Morgan fingerprint density at radius 3 is 2.88 bits per heavy atom. The molecular weight excluding hydrogens is 198 g/mol. The summed E-state index contributed by atoms with van der Waals surface area (Å²) in [5.41, 5.74) is 0. The highest BCUT2D eigenvalue weighted by atomic mass is 16.5. The fourth-order valence-corrected chi connectivity index (χ4v) is 1.93. The molecule has 2 rings (SSSR count). The molecule has 16 heavy (non-hydrogen) atoms. The minimum atomic E-state index is 0.174. The van der Waals surface area contributed by atoms with E-state index in [4.69, 9.17) is 11.2 Å². The predicted octanol–water partition coefficient (Wildman–Crippen LogP) is 1.94. The van der Waals surface area contributed by atoms with Crippen LogP contribution in [0.2, 0.25) is 0 Å². The van der Waals surface area contributed by atoms with Crippen LogP contribution < -0.4 is 4.74 Å². The number of para-hydroxylation sites is 1. The first-order valence-electron chi connectivity index (χ1n) is 5.37. The molecule has 1 aliphatic heterocycles. The maximum absolute atomic E-state index is 5.85. The number of rotatable bonds is 4. The van der Waals surface area contributed by atoms with Crippen LogP contribution in [0.4, 0.5) is 0 Å². The molecule has 0 aromatic heterocycles. The van der Waals surface area contributed by atoms with Gasteiger partial charge in [0.25, 0.3) is 0 Å². The second kappa shape index (κ2) is 4.87. The van der Waals surface area contributed by atoms with Gasteiger partial charge in [0.1, 0.15) is 11.9 Å². The molecule has 2 atom stereocenters. The van der Waals surface area contributed by atoms with E-state index in [1.807, 2.05) is 36.4 Å². The lowest BCUT2D eigenvalue weighted by molar-refractivity contribution is -0.0117. The summed E-state index contributed by atoms with van der Waals surface area (Å²) in [7, 11) is 0. The van der Waals surface area contributed by atoms with Crippen LogP contribution >= 0.6 is 0 Å². The Balaban J connectivity index is 1.94. The third kappa shape index (κ3) is 2.10. The summed E-state index contributed by atoms with van der Waals surface area (Å²) in [5, 5.41) is 0. The summed E-state index contributed by atoms with van der Waals surface area (Å²) in [6.07, 6.45) is 7.36. The van der Waals surface area contributed by atoms with Gasteiger partial charge in [0.2, 0.25) is 0 Å². The van der Waals surface area contributed by atoms with Crippen molar-refractivity contribution in [1.29, 1.82) is 0 Å². The lowest BCUT2D eigenvalue weighted by Crippen LogP contribution is -2.61. The fraction of sp³-hybridized carbons (Fsp3) is 0.286. The van der Waals surface area contributed by atoms with Gasteiger partial charge in [0.05, 0.1) is 12.6 Å². The maximum Gasteiger partial charge on any atom is 0.130 e. The van der Waals surface area contributed by atoms with Crippen molar-refractivity contribution in [3.63, 3.8) is 0 Å². The molecule has 0 amide bonds. The molecule has 0 bridgehead atoms. The van der Waals surface area contributed by atoms with E-state index in [0.29, 0.717) is 6.54 Å². The van der Waals surface area contributed by atoms with Crippen LogP contribution in [0.1, 0.15) is 0 Å². The molecule has 1 aliphatic rings. The number of likely N-dealkylation sites (tertiary alicyclic amines) is 1. The Labute approximate surface area is 96.5 Å². The van der Waals surface area contributed by atoms with E-state index in [1.54, 1.807) is 0 Å². The SMILES string of the molecule is C#CCN1C[C@H](Oc2ccccc2)[C@@H]1C=C. The number of benzene rings is 1. The lowest BCUT2D eigenvalue weighted by atomic mass is 9.99. The van der Waals surface area contributed by atoms with Crippen molar-refractivity contribution in [3.05, 3.63) is 43.0 Å². The van der Waals surface area contributed by atoms with Gasteiger partial charge in [-0.2, -0.15) is 0 Å². The van der Waals surface area contributed by atoms with Crippen molar-refractivity contribution in [2.45, 2.75) is 12.1 Å². The third-order valence-electron chi connectivity index (χ3n) is 2.78. The second-order valence-electron chi connectivity index (χ2n) is 3.83. The summed E-state index contributed by atoms with van der Waals surface area (Å²) in [6, 6.07) is 10.1. The normalized spacial score (nSPS) is 24.2. The lowest BCUT2D eigenvalue weighted by Gasteiger charge is -2.45. The third-order valence-corrected chi connectivity index (χ3v) is 2.78. The monoisotopic (exact) mass is 213 g/mol. The van der Waals surface area contributed by atoms with E-state index in [1.165, 1.54) is 0 Å². The van der Waals surface area contributed by atoms with Crippen LogP contribution in [0.25, 0.3) is 0 Å². The number of nitrogens with zero attached hydrogens (tertiary/aromatic N) is 1. The zero-order valence-electron chi connectivity index (χ0n) is 9.17. The van der Waals surface area contributed by atoms with Gasteiger partial charge < -0.3 is 4.74 Å². The van der Waals surface area contributed by atoms with Gasteiger partial charge >= 0.3 is 0 Å². The van der Waals surface area contributed by atoms with Gasteiger partial charge in [-0.05, 0) is 12.1 Å². The van der Waals surface area contributed by atoms with Gasteiger partial charge in [0.15, 0.2) is 0 Å². The average Bonchev–Trinajstić information content (AvgIpc) is 2.29. The molecule has 2 heteroatoms. The van der Waals surface area contributed by atoms with E-state index >= 15 is 0 Å². The van der Waals surface area contributed by atoms with Crippen molar-refractivity contribution in [2.24, 2.45) is 0 Å². The zero-order valence-corrected chi connectivity index (χ0v) is 9.17. The Kier molecular flexibility index (Phi) is 3.28. The first-order chi connectivity index (χ1) is 7.85. The van der Waals surface area contributed by atoms with Crippen molar-refractivity contribution in [2.75, 3.05) is 13.1 Å². The standard InChI is InChI=1S/C14H15NO/c1-3-10-15-11-14(13(15)4-2)16-12-8-6-5-7-9-12/h1,4-9,13-14H,2,10-11H2/t13-,14-/m0/s1. The molecule has 1 aromatic rings. The van der Waals surface area contributed by atoms with E-state index in [0.717, 1.165) is 12.3 Å². The summed E-state index contributed by atoms with van der Waals surface area (Å²) < 4.78 is 5.85. The summed E-state index contributed by atoms with van der Waals surface area (Å²) in [6.45, 7) is 5.35. The smallest absolute Gasteiger partial charge is 0.130 e. The number of terminal acetylenes is 1. The Morgan fingerprint density at radius 1 is 1.50 bits per heavy atom. The van der Waals surface area contributed by atoms with E-state index in [-0.39, 0.29) is 12.1 Å². The molecule has 1 saturated heterocycles. The molecule has 0 spiro atoms. The van der Waals surface area contributed by atoms with Gasteiger partial charge in [-0.1, -0.05) is 30.2 Å². The Morgan fingerprint density at radius 2 is 2.25 bits per heavy atom. The van der Waals surface area contributed by atoms with Crippen LogP contribution in [-0.2, 0) is 0 Å². The quantitative estimate of drug-likeness (QED) is 0.560. The summed E-state index contributed by atoms with van der Waals surface area (Å²) in [5.74, 6) is 3.54. The molecule has 0 saturated carbocycles. The highest BCUT2D eigenvalue weighted by Gasteiger charge is 2.37. The largest absolute Gasteiger partial charge is 0.487 e. The first kappa shape index (κ1) is 10.8. The molecular formula is C14H15NO.